The van der Waals surface area contributed by atoms with Crippen LogP contribution in [-0.2, 0) is 0 Å². The third-order valence-corrected chi connectivity index (χ3v) is 3.95. The number of fused-ring (bicyclic) bond motifs is 1. The molecule has 0 saturated carbocycles. The van der Waals surface area contributed by atoms with Crippen molar-refractivity contribution in [1.82, 2.24) is 19.7 Å². The predicted molar refractivity (Wildman–Crippen MR) is 101 cm³/mol. The molecule has 0 aliphatic heterocycles. The molecule has 0 fully saturated rings. The zero-order valence-electron chi connectivity index (χ0n) is 15.2. The number of amides is 1. The summed E-state index contributed by atoms with van der Waals surface area (Å²) < 4.78 is 7.15. The number of aromatic nitrogens is 3. The first-order valence-corrected chi connectivity index (χ1v) is 8.30. The van der Waals surface area contributed by atoms with Gasteiger partial charge in [0.05, 0.1) is 0 Å². The fraction of sp³-hybridized carbons (Fsp3) is 0.278. The minimum absolute atomic E-state index is 0.211. The normalized spacial score (nSPS) is 13.3. The van der Waals surface area contributed by atoms with E-state index >= 15 is 0 Å². The van der Waals surface area contributed by atoms with E-state index in [-0.39, 0.29) is 11.9 Å². The van der Waals surface area contributed by atoms with Crippen LogP contribution in [0.1, 0.15) is 34.6 Å². The fourth-order valence-electron chi connectivity index (χ4n) is 2.69. The van der Waals surface area contributed by atoms with Crippen LogP contribution in [0, 0.1) is 13.8 Å². The van der Waals surface area contributed by atoms with Gasteiger partial charge in [0.2, 0.25) is 0 Å². The summed E-state index contributed by atoms with van der Waals surface area (Å²) in [6.45, 7) is 7.54. The van der Waals surface area contributed by atoms with E-state index in [0.29, 0.717) is 22.8 Å². The molecule has 132 valence electrons. The molecule has 1 amide bonds. The van der Waals surface area contributed by atoms with Crippen LogP contribution in [0.25, 0.3) is 5.65 Å². The van der Waals surface area contributed by atoms with Gasteiger partial charge in [0.15, 0.2) is 0 Å². The van der Waals surface area contributed by atoms with Crippen LogP contribution in [0.2, 0.25) is 0 Å². The van der Waals surface area contributed by atoms with Gasteiger partial charge in [0.25, 0.3) is 0 Å². The Kier molecular flexibility index (Phi) is 5.11. The van der Waals surface area contributed by atoms with Gasteiger partial charge in [-0.1, -0.05) is 0 Å². The number of hydrogen-bond donors (Lipinski definition) is 1. The van der Waals surface area contributed by atoms with Crippen molar-refractivity contribution >= 4 is 24.2 Å². The summed E-state index contributed by atoms with van der Waals surface area (Å²) >= 11 is 0. The first-order chi connectivity index (χ1) is 12.5. The number of aryl methyl sites for hydroxylation is 2. The third kappa shape index (κ3) is 3.64. The molecule has 0 aromatic carbocycles. The zero-order valence-corrected chi connectivity index (χ0v) is 15.2. The number of nitrogens with one attached hydrogen (secondary N) is 1. The molecule has 3 aromatic rings. The van der Waals surface area contributed by atoms with Crippen molar-refractivity contribution in [2.75, 3.05) is 7.05 Å². The van der Waals surface area contributed by atoms with E-state index in [1.54, 1.807) is 30.8 Å². The van der Waals surface area contributed by atoms with E-state index in [4.69, 9.17) is 4.42 Å². The van der Waals surface area contributed by atoms with E-state index in [2.05, 4.69) is 20.3 Å². The number of imidazole rings is 1. The molecule has 0 aliphatic rings. The number of allylic oxidation sites excluding steroid dienone is 1. The average Bonchev–Trinajstić information content (AvgIpc) is 3.25. The van der Waals surface area contributed by atoms with Crippen LogP contribution in [0.4, 0.5) is 0 Å². The molecule has 0 radical (unpaired) electrons. The molecule has 26 heavy (non-hydrogen) atoms. The van der Waals surface area contributed by atoms with E-state index in [9.17, 15) is 4.79 Å². The Balaban J connectivity index is 1.75. The molecule has 0 aliphatic carbocycles. The number of nitrogens with zero attached hydrogens (tertiary/aromatic N) is 4. The Morgan fingerprint density at radius 3 is 2.96 bits per heavy atom. The molecule has 1 unspecified atom stereocenters. The molecule has 3 rings (SSSR count). The summed E-state index contributed by atoms with van der Waals surface area (Å²) in [5.41, 5.74) is 3.40. The number of hydrogen-bond acceptors (Lipinski definition) is 5. The van der Waals surface area contributed by atoms with Gasteiger partial charge in [-0.2, -0.15) is 0 Å². The second-order valence-corrected chi connectivity index (χ2v) is 6.03. The van der Waals surface area contributed by atoms with Crippen LogP contribution in [0.3, 0.4) is 0 Å². The van der Waals surface area contributed by atoms with E-state index in [1.807, 2.05) is 45.0 Å². The number of rotatable bonds is 5. The van der Waals surface area contributed by atoms with Gasteiger partial charge < -0.3 is 0 Å². The average molecular weight is 349 g/mol. The van der Waals surface area contributed by atoms with Crippen LogP contribution < -0.4 is 5.32 Å². The molecule has 7 nitrogen and oxygen atoms in total. The van der Waals surface area contributed by atoms with Gasteiger partial charge in [0.1, 0.15) is 0 Å². The molecule has 0 saturated heterocycles. The SMILES string of the molecule is C/N=C(\C=C/C(C)NC(=O)c1ncn2c(C)cc(C)nc12)c1cbco1. The summed E-state index contributed by atoms with van der Waals surface area (Å²) in [7, 11) is 1.69. The summed E-state index contributed by atoms with van der Waals surface area (Å²) in [6, 6.07) is 1.74. The van der Waals surface area contributed by atoms with Crippen LogP contribution >= 0.6 is 0 Å². The first-order valence-electron chi connectivity index (χ1n) is 8.30. The monoisotopic (exact) mass is 349 g/mol. The topological polar surface area (TPSA) is 84.8 Å². The van der Waals surface area contributed by atoms with Gasteiger partial charge in [-0.05, 0) is 19.9 Å². The summed E-state index contributed by atoms with van der Waals surface area (Å²) in [6.07, 6.45) is 6.89. The Morgan fingerprint density at radius 1 is 1.46 bits per heavy atom. The quantitative estimate of drug-likeness (QED) is 0.715. The molecule has 8 heteroatoms. The second kappa shape index (κ2) is 7.47. The Morgan fingerprint density at radius 2 is 2.27 bits per heavy atom. The summed E-state index contributed by atoms with van der Waals surface area (Å²) in [5, 5.41) is 2.91. The van der Waals surface area contributed by atoms with E-state index in [0.717, 1.165) is 11.4 Å². The number of carbonyl (C=O) groups excluding carboxylic acids is 1. The van der Waals surface area contributed by atoms with Crippen molar-refractivity contribution in [2.24, 2.45) is 4.99 Å². The molecule has 1 atom stereocenters. The first kappa shape index (κ1) is 17.8. The van der Waals surface area contributed by atoms with E-state index < -0.39 is 0 Å². The van der Waals surface area contributed by atoms with Gasteiger partial charge in [-0.15, -0.1) is 0 Å². The predicted octanol–water partition coefficient (Wildman–Crippen LogP) is 2.07. The zero-order chi connectivity index (χ0) is 18.7. The van der Waals surface area contributed by atoms with Gasteiger partial charge >= 0.3 is 132 Å². The summed E-state index contributed by atoms with van der Waals surface area (Å²) in [5.74, 6) is 2.25. The van der Waals surface area contributed by atoms with Gasteiger partial charge in [0, 0.05) is 0 Å². The van der Waals surface area contributed by atoms with Crippen molar-refractivity contribution < 1.29 is 9.21 Å². The van der Waals surface area contributed by atoms with Crippen molar-refractivity contribution in [3.63, 3.8) is 0 Å². The van der Waals surface area contributed by atoms with Gasteiger partial charge in [-0.25, -0.2) is 0 Å². The summed E-state index contributed by atoms with van der Waals surface area (Å²) in [4.78, 5) is 25.4. The number of aliphatic imine (C=N–C) groups is 1. The molecule has 1 N–H and O–H groups in total. The molecule has 3 aromatic heterocycles. The molecule has 3 heterocycles. The maximum absolute atomic E-state index is 12.6. The Bertz CT molecular complexity index is 989. The standard InChI is InChI=1S/C18H20BN5O2/c1-11(5-6-14(20-4)15-8-19-9-26-15)23-18(25)16-17-22-12(2)7-13(3)24(17)10-21-16/h5-11H,1-4H3,(H,23,25)/b6-5-,20-14+. The maximum atomic E-state index is 12.6. The van der Waals surface area contributed by atoms with Crippen LogP contribution in [-0.4, -0.2) is 46.0 Å². The molecule has 0 bridgehead atoms. The van der Waals surface area contributed by atoms with E-state index in [1.165, 1.54) is 0 Å². The third-order valence-electron chi connectivity index (χ3n) is 3.95. The van der Waals surface area contributed by atoms with Crippen LogP contribution in [0.5, 0.6) is 0 Å². The van der Waals surface area contributed by atoms with Crippen molar-refractivity contribution in [1.29, 1.82) is 0 Å². The second-order valence-electron chi connectivity index (χ2n) is 6.03. The van der Waals surface area contributed by atoms with Crippen LogP contribution in [0.15, 0.2) is 46.1 Å². The minimum atomic E-state index is -0.268. The molecular formula is C18H20BN5O2. The molecular weight excluding hydrogens is 329 g/mol. The number of carbonyl (C=O) groups is 1. The van der Waals surface area contributed by atoms with Gasteiger partial charge in [-0.3, -0.25) is 0 Å². The fourth-order valence-corrected chi connectivity index (χ4v) is 2.69. The van der Waals surface area contributed by atoms with Crippen molar-refractivity contribution in [2.45, 2.75) is 26.8 Å². The van der Waals surface area contributed by atoms with Crippen molar-refractivity contribution in [3.8, 4) is 0 Å². The van der Waals surface area contributed by atoms with Crippen molar-refractivity contribution in [3.05, 3.63) is 59.5 Å². The Hall–Kier alpha value is -3.03. The molecule has 0 spiro atoms. The Labute approximate surface area is 152 Å².